The van der Waals surface area contributed by atoms with E-state index in [1.54, 1.807) is 6.20 Å². The van der Waals surface area contributed by atoms with Gasteiger partial charge in [0, 0.05) is 12.2 Å². The molecular weight excluding hydrogens is 242 g/mol. The van der Waals surface area contributed by atoms with Crippen LogP contribution in [0.4, 0.5) is 5.82 Å². The zero-order chi connectivity index (χ0) is 9.97. The van der Waals surface area contributed by atoms with Gasteiger partial charge in [0.25, 0.3) is 0 Å². The Kier molecular flexibility index (Phi) is 3.01. The van der Waals surface area contributed by atoms with Crippen molar-refractivity contribution >= 4 is 21.7 Å². The van der Waals surface area contributed by atoms with Crippen LogP contribution in [0.1, 0.15) is 31.5 Å². The minimum absolute atomic E-state index is 0.598. The van der Waals surface area contributed by atoms with Crippen LogP contribution < -0.4 is 5.32 Å². The van der Waals surface area contributed by atoms with E-state index in [9.17, 15) is 0 Å². The molecule has 4 heteroatoms. The zero-order valence-electron chi connectivity index (χ0n) is 8.26. The minimum atomic E-state index is 0.598. The van der Waals surface area contributed by atoms with Gasteiger partial charge in [0.15, 0.2) is 0 Å². The summed E-state index contributed by atoms with van der Waals surface area (Å²) in [5, 5.41) is 3.45. The van der Waals surface area contributed by atoms with Crippen molar-refractivity contribution in [1.29, 1.82) is 0 Å². The monoisotopic (exact) mass is 255 g/mol. The van der Waals surface area contributed by atoms with Crippen molar-refractivity contribution in [3.05, 3.63) is 16.5 Å². The van der Waals surface area contributed by atoms with Crippen LogP contribution in [0.3, 0.4) is 0 Å². The number of aromatic nitrogens is 2. The molecule has 0 atom stereocenters. The number of aryl methyl sites for hydroxylation is 1. The standard InChI is InChI=1S/C10H14BrN3/c1-7-12-6-9(11)10(13-7)14-8-4-2-3-5-8/h6,8H,2-5H2,1H3,(H,12,13,14). The summed E-state index contributed by atoms with van der Waals surface area (Å²) >= 11 is 3.45. The molecule has 0 amide bonds. The molecule has 0 unspecified atom stereocenters. The Bertz CT molecular complexity index is 321. The second-order valence-electron chi connectivity index (χ2n) is 3.74. The van der Waals surface area contributed by atoms with E-state index < -0.39 is 0 Å². The molecule has 1 fully saturated rings. The second-order valence-corrected chi connectivity index (χ2v) is 4.59. The normalized spacial score (nSPS) is 17.3. The number of hydrogen-bond donors (Lipinski definition) is 1. The van der Waals surface area contributed by atoms with E-state index in [1.165, 1.54) is 25.7 Å². The van der Waals surface area contributed by atoms with E-state index >= 15 is 0 Å². The van der Waals surface area contributed by atoms with E-state index in [-0.39, 0.29) is 0 Å². The maximum absolute atomic E-state index is 4.37. The van der Waals surface area contributed by atoms with Crippen LogP contribution in [-0.2, 0) is 0 Å². The first-order chi connectivity index (χ1) is 6.75. The van der Waals surface area contributed by atoms with Crippen molar-refractivity contribution in [3.63, 3.8) is 0 Å². The van der Waals surface area contributed by atoms with Gasteiger partial charge in [0.1, 0.15) is 11.6 Å². The van der Waals surface area contributed by atoms with Gasteiger partial charge in [-0.1, -0.05) is 12.8 Å². The first-order valence-corrected chi connectivity index (χ1v) is 5.80. The topological polar surface area (TPSA) is 37.8 Å². The quantitative estimate of drug-likeness (QED) is 0.884. The molecule has 0 saturated heterocycles. The number of halogens is 1. The van der Waals surface area contributed by atoms with Crippen LogP contribution >= 0.6 is 15.9 Å². The predicted molar refractivity (Wildman–Crippen MR) is 60.3 cm³/mol. The molecule has 14 heavy (non-hydrogen) atoms. The maximum atomic E-state index is 4.37. The minimum Gasteiger partial charge on any atom is -0.366 e. The summed E-state index contributed by atoms with van der Waals surface area (Å²) in [5.41, 5.74) is 0. The van der Waals surface area contributed by atoms with Crippen LogP contribution in [0.2, 0.25) is 0 Å². The lowest BCUT2D eigenvalue weighted by molar-refractivity contribution is 0.747. The Balaban J connectivity index is 2.10. The zero-order valence-corrected chi connectivity index (χ0v) is 9.84. The van der Waals surface area contributed by atoms with Crippen molar-refractivity contribution in [2.45, 2.75) is 38.6 Å². The third kappa shape index (κ3) is 2.23. The fraction of sp³-hybridized carbons (Fsp3) is 0.600. The Morgan fingerprint density at radius 1 is 1.43 bits per heavy atom. The number of hydrogen-bond acceptors (Lipinski definition) is 3. The summed E-state index contributed by atoms with van der Waals surface area (Å²) in [7, 11) is 0. The molecule has 1 aromatic heterocycles. The lowest BCUT2D eigenvalue weighted by atomic mass is 10.2. The summed E-state index contributed by atoms with van der Waals surface area (Å²) in [4.78, 5) is 8.48. The van der Waals surface area contributed by atoms with Gasteiger partial charge >= 0.3 is 0 Å². The highest BCUT2D eigenvalue weighted by molar-refractivity contribution is 9.10. The SMILES string of the molecule is Cc1ncc(Br)c(NC2CCCC2)n1. The van der Waals surface area contributed by atoms with Gasteiger partial charge in [-0.25, -0.2) is 9.97 Å². The Morgan fingerprint density at radius 3 is 2.86 bits per heavy atom. The van der Waals surface area contributed by atoms with Crippen LogP contribution in [0, 0.1) is 6.92 Å². The number of anilines is 1. The number of nitrogens with zero attached hydrogens (tertiary/aromatic N) is 2. The van der Waals surface area contributed by atoms with E-state index in [1.807, 2.05) is 6.92 Å². The van der Waals surface area contributed by atoms with Crippen LogP contribution in [0.25, 0.3) is 0 Å². The van der Waals surface area contributed by atoms with Crippen LogP contribution in [-0.4, -0.2) is 16.0 Å². The summed E-state index contributed by atoms with van der Waals surface area (Å²) in [6, 6.07) is 0.598. The average Bonchev–Trinajstić information content (AvgIpc) is 2.64. The summed E-state index contributed by atoms with van der Waals surface area (Å²) in [5.74, 6) is 1.75. The van der Waals surface area contributed by atoms with E-state index in [4.69, 9.17) is 0 Å². The van der Waals surface area contributed by atoms with E-state index in [2.05, 4.69) is 31.2 Å². The fourth-order valence-corrected chi connectivity index (χ4v) is 2.13. The van der Waals surface area contributed by atoms with E-state index in [0.717, 1.165) is 16.1 Å². The van der Waals surface area contributed by atoms with Crippen molar-refractivity contribution in [1.82, 2.24) is 9.97 Å². The Morgan fingerprint density at radius 2 is 2.14 bits per heavy atom. The highest BCUT2D eigenvalue weighted by Gasteiger charge is 2.16. The van der Waals surface area contributed by atoms with E-state index in [0.29, 0.717) is 6.04 Å². The third-order valence-electron chi connectivity index (χ3n) is 2.56. The largest absolute Gasteiger partial charge is 0.366 e. The van der Waals surface area contributed by atoms with Gasteiger partial charge in [-0.3, -0.25) is 0 Å². The van der Waals surface area contributed by atoms with Crippen molar-refractivity contribution in [2.24, 2.45) is 0 Å². The van der Waals surface area contributed by atoms with Crippen LogP contribution in [0.15, 0.2) is 10.7 Å². The molecule has 2 rings (SSSR count). The Hall–Kier alpha value is -0.640. The molecule has 76 valence electrons. The third-order valence-corrected chi connectivity index (χ3v) is 3.14. The highest BCUT2D eigenvalue weighted by atomic mass is 79.9. The van der Waals surface area contributed by atoms with Crippen molar-refractivity contribution in [3.8, 4) is 0 Å². The van der Waals surface area contributed by atoms with Gasteiger partial charge in [-0.2, -0.15) is 0 Å². The average molecular weight is 256 g/mol. The molecule has 0 aliphatic heterocycles. The summed E-state index contributed by atoms with van der Waals surface area (Å²) in [6.07, 6.45) is 6.99. The molecule has 3 nitrogen and oxygen atoms in total. The van der Waals surface area contributed by atoms with Gasteiger partial charge in [-0.05, 0) is 35.7 Å². The lowest BCUT2D eigenvalue weighted by Gasteiger charge is -2.13. The number of rotatable bonds is 2. The number of nitrogens with one attached hydrogen (secondary N) is 1. The molecule has 1 aromatic rings. The molecule has 1 aliphatic rings. The van der Waals surface area contributed by atoms with Gasteiger partial charge < -0.3 is 5.32 Å². The maximum Gasteiger partial charge on any atom is 0.144 e. The molecule has 1 saturated carbocycles. The van der Waals surface area contributed by atoms with Crippen molar-refractivity contribution < 1.29 is 0 Å². The first-order valence-electron chi connectivity index (χ1n) is 5.01. The molecule has 1 aliphatic carbocycles. The smallest absolute Gasteiger partial charge is 0.144 e. The predicted octanol–water partition coefficient (Wildman–Crippen LogP) is 2.90. The van der Waals surface area contributed by atoms with Gasteiger partial charge in [-0.15, -0.1) is 0 Å². The molecule has 0 spiro atoms. The van der Waals surface area contributed by atoms with Crippen LogP contribution in [0.5, 0.6) is 0 Å². The molecule has 1 heterocycles. The summed E-state index contributed by atoms with van der Waals surface area (Å²) in [6.45, 7) is 1.91. The first kappa shape index (κ1) is 9.90. The molecule has 0 bridgehead atoms. The summed E-state index contributed by atoms with van der Waals surface area (Å²) < 4.78 is 0.954. The molecule has 1 N–H and O–H groups in total. The molecular formula is C10H14BrN3. The Labute approximate surface area is 92.5 Å². The van der Waals surface area contributed by atoms with Gasteiger partial charge in [0.2, 0.25) is 0 Å². The lowest BCUT2D eigenvalue weighted by Crippen LogP contribution is -2.16. The van der Waals surface area contributed by atoms with Gasteiger partial charge in [0.05, 0.1) is 4.47 Å². The highest BCUT2D eigenvalue weighted by Crippen LogP contribution is 2.25. The molecule has 0 aromatic carbocycles. The second kappa shape index (κ2) is 4.26. The van der Waals surface area contributed by atoms with Crippen molar-refractivity contribution in [2.75, 3.05) is 5.32 Å². The fourth-order valence-electron chi connectivity index (χ4n) is 1.82. The molecule has 0 radical (unpaired) electrons.